The number of piperazine rings is 1. The number of nitrogens with zero attached hydrogens (tertiary/aromatic N) is 3. The van der Waals surface area contributed by atoms with Crippen molar-refractivity contribution in [2.75, 3.05) is 57.5 Å². The average Bonchev–Trinajstić information content (AvgIpc) is 2.64. The SMILES string of the molecule is COc1ccccc1N1CCN(C(=O)CN(CCC(C)C)S(C)(=O)=O)CC1. The molecule has 0 saturated carbocycles. The van der Waals surface area contributed by atoms with Crippen LogP contribution in [0.15, 0.2) is 24.3 Å². The molecule has 0 unspecified atom stereocenters. The first-order valence-electron chi connectivity index (χ1n) is 9.33. The van der Waals surface area contributed by atoms with Gasteiger partial charge in [-0.2, -0.15) is 4.31 Å². The van der Waals surface area contributed by atoms with Crippen LogP contribution in [0, 0.1) is 5.92 Å². The van der Waals surface area contributed by atoms with Gasteiger partial charge >= 0.3 is 0 Å². The molecule has 1 saturated heterocycles. The lowest BCUT2D eigenvalue weighted by Crippen LogP contribution is -2.52. The van der Waals surface area contributed by atoms with Crippen LogP contribution in [0.25, 0.3) is 0 Å². The summed E-state index contributed by atoms with van der Waals surface area (Å²) in [5, 5.41) is 0. The van der Waals surface area contributed by atoms with Gasteiger partial charge in [-0.1, -0.05) is 26.0 Å². The van der Waals surface area contributed by atoms with E-state index in [1.807, 2.05) is 38.1 Å². The van der Waals surface area contributed by atoms with Crippen molar-refractivity contribution in [3.63, 3.8) is 0 Å². The number of carbonyl (C=O) groups is 1. The Morgan fingerprint density at radius 2 is 1.81 bits per heavy atom. The fraction of sp³-hybridized carbons (Fsp3) is 0.632. The second kappa shape index (κ2) is 9.41. The summed E-state index contributed by atoms with van der Waals surface area (Å²) in [6.45, 7) is 6.90. The Kier molecular flexibility index (Phi) is 7.49. The van der Waals surface area contributed by atoms with Gasteiger partial charge < -0.3 is 14.5 Å². The number of hydrogen-bond donors (Lipinski definition) is 0. The van der Waals surface area contributed by atoms with E-state index in [4.69, 9.17) is 4.74 Å². The summed E-state index contributed by atoms with van der Waals surface area (Å²) in [7, 11) is -1.75. The van der Waals surface area contributed by atoms with E-state index >= 15 is 0 Å². The van der Waals surface area contributed by atoms with Crippen LogP contribution in [0.3, 0.4) is 0 Å². The summed E-state index contributed by atoms with van der Waals surface area (Å²) in [6.07, 6.45) is 1.90. The lowest BCUT2D eigenvalue weighted by molar-refractivity contribution is -0.131. The third-order valence-electron chi connectivity index (χ3n) is 4.79. The molecule has 0 bridgehead atoms. The first-order chi connectivity index (χ1) is 12.7. The Morgan fingerprint density at radius 1 is 1.19 bits per heavy atom. The fourth-order valence-corrected chi connectivity index (χ4v) is 3.88. The molecule has 0 spiro atoms. The molecule has 0 aliphatic carbocycles. The van der Waals surface area contributed by atoms with E-state index in [-0.39, 0.29) is 12.5 Å². The van der Waals surface area contributed by atoms with Gasteiger partial charge in [-0.15, -0.1) is 0 Å². The highest BCUT2D eigenvalue weighted by Gasteiger charge is 2.27. The second-order valence-corrected chi connectivity index (χ2v) is 9.30. The van der Waals surface area contributed by atoms with Crippen molar-refractivity contribution in [3.8, 4) is 5.75 Å². The quantitative estimate of drug-likeness (QED) is 0.667. The van der Waals surface area contributed by atoms with Gasteiger partial charge in [0.05, 0.1) is 25.6 Å². The zero-order valence-corrected chi connectivity index (χ0v) is 17.5. The monoisotopic (exact) mass is 397 g/mol. The van der Waals surface area contributed by atoms with Gasteiger partial charge in [-0.25, -0.2) is 8.42 Å². The van der Waals surface area contributed by atoms with Crippen molar-refractivity contribution >= 4 is 21.6 Å². The lowest BCUT2D eigenvalue weighted by atomic mass is 10.1. The van der Waals surface area contributed by atoms with Crippen LogP contribution in [-0.4, -0.2) is 76.2 Å². The zero-order chi connectivity index (χ0) is 20.0. The van der Waals surface area contributed by atoms with E-state index in [2.05, 4.69) is 4.90 Å². The standard InChI is InChI=1S/C19H31N3O4S/c1-16(2)9-10-22(27(4,24)25)15-19(23)21-13-11-20(12-14-21)17-7-5-6-8-18(17)26-3/h5-8,16H,9-15H2,1-4H3. The van der Waals surface area contributed by atoms with E-state index in [1.165, 1.54) is 10.6 Å². The fourth-order valence-electron chi connectivity index (χ4n) is 3.10. The maximum atomic E-state index is 12.6. The second-order valence-electron chi connectivity index (χ2n) is 7.32. The van der Waals surface area contributed by atoms with Crippen LogP contribution < -0.4 is 9.64 Å². The molecular formula is C19H31N3O4S. The lowest BCUT2D eigenvalue weighted by Gasteiger charge is -2.37. The maximum absolute atomic E-state index is 12.6. The number of sulfonamides is 1. The predicted octanol–water partition coefficient (Wildman–Crippen LogP) is 1.65. The van der Waals surface area contributed by atoms with E-state index in [0.717, 1.165) is 17.9 Å². The van der Waals surface area contributed by atoms with Crippen LogP contribution in [0.1, 0.15) is 20.3 Å². The molecule has 1 aliphatic heterocycles. The van der Waals surface area contributed by atoms with E-state index in [9.17, 15) is 13.2 Å². The first-order valence-corrected chi connectivity index (χ1v) is 11.2. The number of anilines is 1. The Bertz CT molecular complexity index is 728. The topological polar surface area (TPSA) is 70.2 Å². The minimum Gasteiger partial charge on any atom is -0.495 e. The third-order valence-corrected chi connectivity index (χ3v) is 6.04. The number of para-hydroxylation sites is 2. The number of ether oxygens (including phenoxy) is 1. The molecule has 0 aromatic heterocycles. The summed E-state index contributed by atoms with van der Waals surface area (Å²) in [5.41, 5.74) is 1.02. The molecule has 1 aliphatic rings. The van der Waals surface area contributed by atoms with E-state index in [1.54, 1.807) is 12.0 Å². The van der Waals surface area contributed by atoms with E-state index < -0.39 is 10.0 Å². The smallest absolute Gasteiger partial charge is 0.238 e. The molecule has 1 heterocycles. The Labute approximate surface area is 162 Å². The van der Waals surface area contributed by atoms with Crippen molar-refractivity contribution in [1.29, 1.82) is 0 Å². The van der Waals surface area contributed by atoms with Crippen molar-refractivity contribution in [1.82, 2.24) is 9.21 Å². The minimum atomic E-state index is -3.40. The summed E-state index contributed by atoms with van der Waals surface area (Å²) in [5.74, 6) is 1.06. The van der Waals surface area contributed by atoms with Crippen LogP contribution >= 0.6 is 0 Å². The largest absolute Gasteiger partial charge is 0.495 e. The first kappa shape index (κ1) is 21.5. The molecule has 7 nitrogen and oxygen atoms in total. The molecule has 0 atom stereocenters. The normalized spacial score (nSPS) is 15.5. The molecule has 152 valence electrons. The molecule has 1 amide bonds. The molecule has 8 heteroatoms. The van der Waals surface area contributed by atoms with Gasteiger partial charge in [0.2, 0.25) is 15.9 Å². The summed E-state index contributed by atoms with van der Waals surface area (Å²) >= 11 is 0. The van der Waals surface area contributed by atoms with Crippen LogP contribution in [0.2, 0.25) is 0 Å². The predicted molar refractivity (Wildman–Crippen MR) is 108 cm³/mol. The Hall–Kier alpha value is -1.80. The maximum Gasteiger partial charge on any atom is 0.238 e. The van der Waals surface area contributed by atoms with Crippen LogP contribution in [-0.2, 0) is 14.8 Å². The summed E-state index contributed by atoms with van der Waals surface area (Å²) < 4.78 is 30.7. The van der Waals surface area contributed by atoms with Gasteiger partial charge in [-0.3, -0.25) is 4.79 Å². The zero-order valence-electron chi connectivity index (χ0n) is 16.7. The van der Waals surface area contributed by atoms with Gasteiger partial charge in [0.25, 0.3) is 0 Å². The average molecular weight is 398 g/mol. The van der Waals surface area contributed by atoms with Crippen molar-refractivity contribution in [2.45, 2.75) is 20.3 Å². The van der Waals surface area contributed by atoms with Gasteiger partial charge in [0.1, 0.15) is 5.75 Å². The Morgan fingerprint density at radius 3 is 2.37 bits per heavy atom. The molecular weight excluding hydrogens is 366 g/mol. The number of benzene rings is 1. The van der Waals surface area contributed by atoms with Gasteiger partial charge in [0.15, 0.2) is 0 Å². The molecule has 0 N–H and O–H groups in total. The minimum absolute atomic E-state index is 0.0831. The van der Waals surface area contributed by atoms with Crippen LogP contribution in [0.5, 0.6) is 5.75 Å². The third kappa shape index (κ3) is 6.10. The molecule has 27 heavy (non-hydrogen) atoms. The number of amides is 1. The number of hydrogen-bond acceptors (Lipinski definition) is 5. The van der Waals surface area contributed by atoms with Gasteiger partial charge in [-0.05, 0) is 24.5 Å². The number of carbonyl (C=O) groups excluding carboxylic acids is 1. The molecule has 1 aromatic rings. The highest BCUT2D eigenvalue weighted by molar-refractivity contribution is 7.88. The highest BCUT2D eigenvalue weighted by atomic mass is 32.2. The van der Waals surface area contributed by atoms with Crippen molar-refractivity contribution < 1.29 is 17.9 Å². The van der Waals surface area contributed by atoms with E-state index in [0.29, 0.717) is 38.6 Å². The molecule has 2 rings (SSSR count). The Balaban J connectivity index is 1.95. The summed E-state index contributed by atoms with van der Waals surface area (Å²) in [4.78, 5) is 16.6. The van der Waals surface area contributed by atoms with Crippen molar-refractivity contribution in [2.24, 2.45) is 5.92 Å². The molecule has 0 radical (unpaired) electrons. The number of methoxy groups -OCH3 is 1. The summed E-state index contributed by atoms with van der Waals surface area (Å²) in [6, 6.07) is 7.83. The van der Waals surface area contributed by atoms with Crippen molar-refractivity contribution in [3.05, 3.63) is 24.3 Å². The highest BCUT2D eigenvalue weighted by Crippen LogP contribution is 2.28. The molecule has 1 aromatic carbocycles. The number of rotatable bonds is 8. The molecule has 1 fully saturated rings. The van der Waals surface area contributed by atoms with Gasteiger partial charge in [0, 0.05) is 32.7 Å². The van der Waals surface area contributed by atoms with Crippen LogP contribution in [0.4, 0.5) is 5.69 Å².